The van der Waals surface area contributed by atoms with Crippen molar-refractivity contribution < 1.29 is 42.9 Å². The van der Waals surface area contributed by atoms with Crippen LogP contribution in [0.1, 0.15) is 35.2 Å². The van der Waals surface area contributed by atoms with Crippen molar-refractivity contribution in [3.05, 3.63) is 117 Å². The minimum absolute atomic E-state index is 0.0196. The number of hydrogen-bond acceptors (Lipinski definition) is 9. The van der Waals surface area contributed by atoms with Gasteiger partial charge in [0.2, 0.25) is 11.8 Å². The lowest BCUT2D eigenvalue weighted by molar-refractivity contribution is -0.145. The molecule has 14 heteroatoms. The number of benzene rings is 4. The van der Waals surface area contributed by atoms with Crippen LogP contribution < -0.4 is 20.1 Å². The van der Waals surface area contributed by atoms with Gasteiger partial charge < -0.3 is 34.3 Å². The average Bonchev–Trinajstić information content (AvgIpc) is 3.19. The number of ether oxygens (including phenoxy) is 5. The van der Waals surface area contributed by atoms with E-state index in [1.165, 1.54) is 26.0 Å². The molecule has 0 fully saturated rings. The summed E-state index contributed by atoms with van der Waals surface area (Å²) < 4.78 is 30.2. The highest BCUT2D eigenvalue weighted by Gasteiger charge is 2.35. The molecule has 1 aliphatic rings. The molecule has 0 aliphatic carbocycles. The van der Waals surface area contributed by atoms with Crippen molar-refractivity contribution in [1.29, 1.82) is 0 Å². The molecule has 0 saturated heterocycles. The number of carbonyl (C=O) groups is 4. The van der Waals surface area contributed by atoms with Crippen LogP contribution in [0.25, 0.3) is 11.1 Å². The van der Waals surface area contributed by atoms with Crippen LogP contribution in [-0.4, -0.2) is 76.5 Å². The third-order valence-electron chi connectivity index (χ3n) is 9.36. The Kier molecular flexibility index (Phi) is 15.1. The minimum atomic E-state index is -1.36. The standard InChI is InChI=1S/C43H50IN3O9Si/c1-28-40(48)46-36(42(50)52-3)22-31-17-18-37(54-25-29-13-9-7-10-14-29)33(21-31)34-23-32(24-35(44)39(34)56-27-53-19-20-57(4,5)6)38(41(49)45-28)47(2)43(51)55-26-30-15-11-8-12-16-30/h7-18,21,23-24,28,36,38H,19-20,22,25-27H2,1-6H3,(H,45,49)(H,46,48)/t28-,36-,38-/m0/s1. The summed E-state index contributed by atoms with van der Waals surface area (Å²) in [5, 5.41) is 5.49. The fourth-order valence-corrected chi connectivity index (χ4v) is 7.70. The zero-order chi connectivity index (χ0) is 41.1. The van der Waals surface area contributed by atoms with Crippen LogP contribution in [0.3, 0.4) is 0 Å². The van der Waals surface area contributed by atoms with E-state index < -0.39 is 50.1 Å². The van der Waals surface area contributed by atoms with Gasteiger partial charge in [0.25, 0.3) is 0 Å². The van der Waals surface area contributed by atoms with Crippen molar-refractivity contribution in [2.75, 3.05) is 27.6 Å². The maximum absolute atomic E-state index is 14.4. The first-order valence-electron chi connectivity index (χ1n) is 18.7. The number of amides is 3. The quantitative estimate of drug-likeness (QED) is 0.0467. The van der Waals surface area contributed by atoms with Gasteiger partial charge in [-0.05, 0) is 82.1 Å². The van der Waals surface area contributed by atoms with Gasteiger partial charge in [0.1, 0.15) is 42.8 Å². The first-order valence-corrected chi connectivity index (χ1v) is 23.5. The number of carbonyl (C=O) groups excluding carboxylic acids is 4. The zero-order valence-electron chi connectivity index (χ0n) is 33.1. The Hall–Kier alpha value is -4.93. The number of rotatable bonds is 13. The van der Waals surface area contributed by atoms with E-state index in [-0.39, 0.29) is 26.4 Å². The van der Waals surface area contributed by atoms with E-state index in [1.54, 1.807) is 12.1 Å². The van der Waals surface area contributed by atoms with Crippen LogP contribution in [0.4, 0.5) is 4.79 Å². The lowest BCUT2D eigenvalue weighted by atomic mass is 9.94. The highest BCUT2D eigenvalue weighted by atomic mass is 127. The lowest BCUT2D eigenvalue weighted by Crippen LogP contribution is -2.53. The molecule has 0 aromatic heterocycles. The van der Waals surface area contributed by atoms with Crippen LogP contribution in [-0.2, 0) is 48.2 Å². The number of nitrogens with one attached hydrogen (secondary N) is 2. The van der Waals surface area contributed by atoms with Crippen molar-refractivity contribution >= 4 is 54.5 Å². The molecule has 4 aromatic carbocycles. The lowest BCUT2D eigenvalue weighted by Gasteiger charge is -2.30. The molecule has 2 N–H and O–H groups in total. The molecule has 0 spiro atoms. The summed E-state index contributed by atoms with van der Waals surface area (Å²) in [7, 11) is 1.35. The first kappa shape index (κ1) is 43.2. The van der Waals surface area contributed by atoms with E-state index in [0.29, 0.717) is 43.9 Å². The van der Waals surface area contributed by atoms with Crippen molar-refractivity contribution in [2.45, 2.75) is 70.4 Å². The maximum atomic E-state index is 14.4. The topological polar surface area (TPSA) is 142 Å². The van der Waals surface area contributed by atoms with Crippen molar-refractivity contribution in [3.63, 3.8) is 0 Å². The summed E-state index contributed by atoms with van der Waals surface area (Å²) in [6, 6.07) is 25.5. The molecule has 57 heavy (non-hydrogen) atoms. The van der Waals surface area contributed by atoms with Gasteiger partial charge in [-0.25, -0.2) is 9.59 Å². The Labute approximate surface area is 348 Å². The van der Waals surface area contributed by atoms with Crippen LogP contribution >= 0.6 is 22.6 Å². The van der Waals surface area contributed by atoms with Gasteiger partial charge in [0, 0.05) is 39.3 Å². The highest BCUT2D eigenvalue weighted by Crippen LogP contribution is 2.43. The van der Waals surface area contributed by atoms with E-state index in [0.717, 1.165) is 17.2 Å². The molecule has 1 heterocycles. The molecule has 3 atom stereocenters. The predicted octanol–water partition coefficient (Wildman–Crippen LogP) is 7.26. The molecule has 0 unspecified atom stereocenters. The first-order chi connectivity index (χ1) is 27.2. The monoisotopic (exact) mass is 907 g/mol. The van der Waals surface area contributed by atoms with Crippen molar-refractivity contribution in [1.82, 2.24) is 15.5 Å². The number of likely N-dealkylation sites (N-methyl/N-ethyl adjacent to an activating group) is 1. The number of fused-ring (bicyclic) bond motifs is 5. The Morgan fingerprint density at radius 3 is 2.16 bits per heavy atom. The second-order valence-electron chi connectivity index (χ2n) is 15.0. The number of methoxy groups -OCH3 is 1. The normalized spacial score (nSPS) is 17.0. The van der Waals surface area contributed by atoms with Gasteiger partial charge in [-0.1, -0.05) is 86.4 Å². The number of nitrogens with zero attached hydrogens (tertiary/aromatic N) is 1. The minimum Gasteiger partial charge on any atom is -0.488 e. The molecule has 4 aromatic rings. The summed E-state index contributed by atoms with van der Waals surface area (Å²) in [6.07, 6.45) is -0.680. The Morgan fingerprint density at radius 1 is 0.842 bits per heavy atom. The number of halogens is 1. The summed E-state index contributed by atoms with van der Waals surface area (Å²) in [5.74, 6) is -0.950. The molecule has 0 saturated carbocycles. The fraction of sp³-hybridized carbons (Fsp3) is 0.349. The summed E-state index contributed by atoms with van der Waals surface area (Å²) >= 11 is 2.15. The molecule has 4 bridgehead atoms. The van der Waals surface area contributed by atoms with Gasteiger partial charge >= 0.3 is 12.1 Å². The Balaban J connectivity index is 1.66. The van der Waals surface area contributed by atoms with E-state index in [4.69, 9.17) is 23.7 Å². The van der Waals surface area contributed by atoms with Crippen molar-refractivity contribution in [2.24, 2.45) is 0 Å². The van der Waals surface area contributed by atoms with Gasteiger partial charge in [0.05, 0.1) is 10.7 Å². The molecule has 1 aliphatic heterocycles. The van der Waals surface area contributed by atoms with Crippen LogP contribution in [0.15, 0.2) is 91.0 Å². The second-order valence-corrected chi connectivity index (χ2v) is 21.8. The molecular weight excluding hydrogens is 857 g/mol. The van der Waals surface area contributed by atoms with Gasteiger partial charge in [-0.15, -0.1) is 0 Å². The zero-order valence-corrected chi connectivity index (χ0v) is 36.3. The van der Waals surface area contributed by atoms with Gasteiger partial charge in [-0.3, -0.25) is 14.5 Å². The molecule has 5 rings (SSSR count). The number of hydrogen-bond donors (Lipinski definition) is 2. The van der Waals surface area contributed by atoms with E-state index in [9.17, 15) is 19.2 Å². The maximum Gasteiger partial charge on any atom is 0.410 e. The average molecular weight is 908 g/mol. The van der Waals surface area contributed by atoms with Gasteiger partial charge in [-0.2, -0.15) is 0 Å². The smallest absolute Gasteiger partial charge is 0.410 e. The molecule has 302 valence electrons. The van der Waals surface area contributed by atoms with Gasteiger partial charge in [0.15, 0.2) is 6.79 Å². The van der Waals surface area contributed by atoms with E-state index >= 15 is 0 Å². The molecule has 12 nitrogen and oxygen atoms in total. The SMILES string of the molecule is COC(=O)[C@@H]1Cc2ccc(OCc3ccccc3)c(c2)-c2cc(cc(I)c2OCOCC[Si](C)(C)C)[C@H](N(C)C(=O)OCc2ccccc2)C(=O)N[C@@H](C)C(=O)N1. The van der Waals surface area contributed by atoms with E-state index in [1.807, 2.05) is 78.9 Å². The Morgan fingerprint density at radius 2 is 1.51 bits per heavy atom. The molecule has 3 amide bonds. The van der Waals surface area contributed by atoms with E-state index in [2.05, 4.69) is 52.9 Å². The fourth-order valence-electron chi connectivity index (χ4n) is 6.14. The largest absolute Gasteiger partial charge is 0.488 e. The second kappa shape index (κ2) is 20.0. The highest BCUT2D eigenvalue weighted by molar-refractivity contribution is 14.1. The summed E-state index contributed by atoms with van der Waals surface area (Å²) in [5.41, 5.74) is 3.98. The van der Waals surface area contributed by atoms with Crippen LogP contribution in [0, 0.1) is 3.57 Å². The summed E-state index contributed by atoms with van der Waals surface area (Å²) in [4.78, 5) is 55.8. The van der Waals surface area contributed by atoms with Crippen LogP contribution in [0.2, 0.25) is 25.7 Å². The van der Waals surface area contributed by atoms with Crippen molar-refractivity contribution in [3.8, 4) is 22.6 Å². The Bertz CT molecular complexity index is 2030. The van der Waals surface area contributed by atoms with Crippen LogP contribution in [0.5, 0.6) is 11.5 Å². The molecule has 0 radical (unpaired) electrons. The third-order valence-corrected chi connectivity index (χ3v) is 11.9. The molecular formula is C43H50IN3O9Si. The number of esters is 1. The predicted molar refractivity (Wildman–Crippen MR) is 227 cm³/mol. The third kappa shape index (κ3) is 12.0. The summed E-state index contributed by atoms with van der Waals surface area (Å²) in [6.45, 7) is 9.07.